The minimum Gasteiger partial charge on any atom is -0.317 e. The smallest absolute Gasteiger partial charge is 0.228 e. The van der Waals surface area contributed by atoms with Crippen molar-refractivity contribution in [3.05, 3.63) is 34.7 Å². The van der Waals surface area contributed by atoms with Crippen LogP contribution in [-0.2, 0) is 16.8 Å². The summed E-state index contributed by atoms with van der Waals surface area (Å²) in [6, 6.07) is 8.26. The highest BCUT2D eigenvalue weighted by Gasteiger charge is 2.41. The van der Waals surface area contributed by atoms with Crippen LogP contribution in [0.4, 0.5) is 5.00 Å². The van der Waals surface area contributed by atoms with Crippen molar-refractivity contribution in [2.75, 3.05) is 5.32 Å². The van der Waals surface area contributed by atoms with E-state index in [9.17, 15) is 4.79 Å². The second-order valence-corrected chi connectivity index (χ2v) is 11.2. The molecule has 4 nitrogen and oxygen atoms in total. The molecule has 1 aliphatic carbocycles. The summed E-state index contributed by atoms with van der Waals surface area (Å²) >= 11 is 3.44. The lowest BCUT2D eigenvalue weighted by molar-refractivity contribution is -0.117. The fourth-order valence-electron chi connectivity index (χ4n) is 4.38. The summed E-state index contributed by atoms with van der Waals surface area (Å²) in [5, 5.41) is 9.01. The first-order chi connectivity index (χ1) is 13.2. The number of carbonyl (C=O) groups is 1. The maximum Gasteiger partial charge on any atom is 0.228 e. The molecule has 1 aromatic carbocycles. The Labute approximate surface area is 173 Å². The van der Waals surface area contributed by atoms with E-state index in [0.717, 1.165) is 40.4 Å². The third-order valence-electron chi connectivity index (χ3n) is 5.54. The van der Waals surface area contributed by atoms with Gasteiger partial charge in [-0.25, -0.2) is 4.98 Å². The van der Waals surface area contributed by atoms with E-state index in [1.807, 2.05) is 6.07 Å². The van der Waals surface area contributed by atoms with E-state index in [4.69, 9.17) is 4.98 Å². The molecule has 146 valence electrons. The summed E-state index contributed by atoms with van der Waals surface area (Å²) < 4.78 is 1.18. The first-order valence-corrected chi connectivity index (χ1v) is 11.5. The van der Waals surface area contributed by atoms with Crippen LogP contribution in [0.25, 0.3) is 20.8 Å². The van der Waals surface area contributed by atoms with Crippen molar-refractivity contribution in [1.29, 1.82) is 0 Å². The molecule has 0 unspecified atom stereocenters. The van der Waals surface area contributed by atoms with Gasteiger partial charge in [0.15, 0.2) is 0 Å². The third-order valence-corrected chi connectivity index (χ3v) is 8.06. The molecule has 1 amide bonds. The molecule has 1 aliphatic heterocycles. The number of rotatable bonds is 3. The minimum absolute atomic E-state index is 0.0131. The first kappa shape index (κ1) is 18.3. The zero-order valence-corrected chi connectivity index (χ0v) is 18.3. The normalized spacial score (nSPS) is 20.1. The second-order valence-electron chi connectivity index (χ2n) is 9.17. The van der Waals surface area contributed by atoms with Crippen LogP contribution >= 0.6 is 22.7 Å². The van der Waals surface area contributed by atoms with E-state index in [0.29, 0.717) is 0 Å². The van der Waals surface area contributed by atoms with Gasteiger partial charge in [-0.2, -0.15) is 0 Å². The largest absolute Gasteiger partial charge is 0.317 e. The molecule has 28 heavy (non-hydrogen) atoms. The lowest BCUT2D eigenvalue weighted by Crippen LogP contribution is -2.54. The Morgan fingerprint density at radius 3 is 2.64 bits per heavy atom. The highest BCUT2D eigenvalue weighted by molar-refractivity contribution is 7.23. The van der Waals surface area contributed by atoms with Crippen molar-refractivity contribution < 1.29 is 4.79 Å². The first-order valence-electron chi connectivity index (χ1n) is 9.86. The average Bonchev–Trinajstić information content (AvgIpc) is 3.27. The molecule has 2 N–H and O–H groups in total. The summed E-state index contributed by atoms with van der Waals surface area (Å²) in [4.78, 5) is 18.8. The molecule has 0 bridgehead atoms. The van der Waals surface area contributed by atoms with Crippen molar-refractivity contribution >= 4 is 43.8 Å². The van der Waals surface area contributed by atoms with Gasteiger partial charge in [-0.1, -0.05) is 12.1 Å². The molecule has 5 rings (SSSR count). The number of benzene rings is 1. The van der Waals surface area contributed by atoms with Gasteiger partial charge in [0.25, 0.3) is 0 Å². The van der Waals surface area contributed by atoms with E-state index in [1.54, 1.807) is 22.7 Å². The number of nitrogens with zero attached hydrogens (tertiary/aromatic N) is 1. The van der Waals surface area contributed by atoms with Gasteiger partial charge < -0.3 is 10.6 Å². The Kier molecular flexibility index (Phi) is 3.99. The average molecular weight is 412 g/mol. The summed E-state index contributed by atoms with van der Waals surface area (Å²) in [6.07, 6.45) is 2.94. The van der Waals surface area contributed by atoms with Gasteiger partial charge in [0.2, 0.25) is 5.91 Å². The minimum atomic E-state index is -0.143. The molecule has 1 saturated carbocycles. The number of para-hydroxylation sites is 1. The topological polar surface area (TPSA) is 54.0 Å². The van der Waals surface area contributed by atoms with E-state index < -0.39 is 0 Å². The fraction of sp³-hybridized carbons (Fsp3) is 0.455. The molecule has 0 atom stereocenters. The number of nitrogens with one attached hydrogen (secondary N) is 2. The Balaban J connectivity index is 1.70. The van der Waals surface area contributed by atoms with Gasteiger partial charge in [0.1, 0.15) is 10.0 Å². The molecule has 0 radical (unpaired) electrons. The number of fused-ring (bicyclic) bond motifs is 2. The van der Waals surface area contributed by atoms with Crippen molar-refractivity contribution in [2.24, 2.45) is 5.92 Å². The zero-order valence-electron chi connectivity index (χ0n) is 16.7. The van der Waals surface area contributed by atoms with E-state index in [-0.39, 0.29) is 22.9 Å². The summed E-state index contributed by atoms with van der Waals surface area (Å²) in [7, 11) is 0. The number of carbonyl (C=O) groups excluding carboxylic acids is 1. The molecule has 3 aromatic rings. The number of thiophene rings is 1. The predicted molar refractivity (Wildman–Crippen MR) is 118 cm³/mol. The van der Waals surface area contributed by atoms with Crippen LogP contribution in [0.3, 0.4) is 0 Å². The Bertz CT molecular complexity index is 1060. The number of amides is 1. The maximum absolute atomic E-state index is 12.6. The lowest BCUT2D eigenvalue weighted by atomic mass is 9.81. The van der Waals surface area contributed by atoms with Crippen LogP contribution in [-0.4, -0.2) is 16.4 Å². The van der Waals surface area contributed by atoms with Crippen molar-refractivity contribution in [2.45, 2.75) is 58.0 Å². The van der Waals surface area contributed by atoms with Crippen LogP contribution in [0.5, 0.6) is 0 Å². The van der Waals surface area contributed by atoms with Crippen LogP contribution < -0.4 is 10.6 Å². The van der Waals surface area contributed by atoms with Gasteiger partial charge in [-0.05, 0) is 64.7 Å². The van der Waals surface area contributed by atoms with E-state index in [2.05, 4.69) is 56.5 Å². The van der Waals surface area contributed by atoms with Crippen molar-refractivity contribution in [3.63, 3.8) is 0 Å². The van der Waals surface area contributed by atoms with Gasteiger partial charge in [0.05, 0.1) is 10.2 Å². The number of hydrogen-bond donors (Lipinski definition) is 2. The lowest BCUT2D eigenvalue weighted by Gasteiger charge is -2.42. The number of thiazole rings is 1. The van der Waals surface area contributed by atoms with Gasteiger partial charge in [0, 0.05) is 27.4 Å². The third kappa shape index (κ3) is 3.08. The number of hydrogen-bond acceptors (Lipinski definition) is 5. The van der Waals surface area contributed by atoms with Crippen molar-refractivity contribution in [1.82, 2.24) is 10.3 Å². The highest BCUT2D eigenvalue weighted by atomic mass is 32.1. The second kappa shape index (κ2) is 6.12. The quantitative estimate of drug-likeness (QED) is 0.595. The zero-order chi connectivity index (χ0) is 19.7. The summed E-state index contributed by atoms with van der Waals surface area (Å²) in [5.74, 6) is 0.343. The number of anilines is 1. The fourth-order valence-corrected chi connectivity index (χ4v) is 6.77. The Morgan fingerprint density at radius 1 is 1.18 bits per heavy atom. The van der Waals surface area contributed by atoms with Crippen LogP contribution in [0.15, 0.2) is 24.3 Å². The Hall–Kier alpha value is -1.76. The van der Waals surface area contributed by atoms with Crippen molar-refractivity contribution in [3.8, 4) is 10.6 Å². The van der Waals surface area contributed by atoms with Gasteiger partial charge in [-0.15, -0.1) is 22.7 Å². The summed E-state index contributed by atoms with van der Waals surface area (Å²) in [5.41, 5.74) is 3.34. The molecule has 6 heteroatoms. The van der Waals surface area contributed by atoms with Crippen LogP contribution in [0, 0.1) is 5.92 Å². The molecule has 1 fully saturated rings. The molecule has 0 saturated heterocycles. The molecular formula is C22H25N3OS2. The Morgan fingerprint density at radius 2 is 1.93 bits per heavy atom. The van der Waals surface area contributed by atoms with Crippen LogP contribution in [0.2, 0.25) is 0 Å². The molecule has 3 heterocycles. The monoisotopic (exact) mass is 411 g/mol. The maximum atomic E-state index is 12.6. The van der Waals surface area contributed by atoms with E-state index in [1.165, 1.54) is 15.1 Å². The van der Waals surface area contributed by atoms with E-state index >= 15 is 0 Å². The van der Waals surface area contributed by atoms with Gasteiger partial charge >= 0.3 is 0 Å². The van der Waals surface area contributed by atoms with Gasteiger partial charge in [-0.3, -0.25) is 4.79 Å². The number of aromatic nitrogens is 1. The molecule has 2 aliphatic rings. The molecule has 2 aromatic heterocycles. The highest BCUT2D eigenvalue weighted by Crippen LogP contribution is 2.50. The van der Waals surface area contributed by atoms with Crippen LogP contribution in [0.1, 0.15) is 51.0 Å². The molecule has 0 spiro atoms. The summed E-state index contributed by atoms with van der Waals surface area (Å²) in [6.45, 7) is 8.97. The predicted octanol–water partition coefficient (Wildman–Crippen LogP) is 5.53. The SMILES string of the molecule is CC1(C)Cc2c(sc(NC(=O)C3CC3)c2-c2nc3ccccc3s2)C(C)(C)N1. The standard InChI is InChI=1S/C22H25N3OS2/c1-21(2)11-13-16(19-23-14-7-5-6-8-15(14)27-19)20(24-18(26)12-9-10-12)28-17(13)22(3,4)25-21/h5-8,12,25H,9-11H2,1-4H3,(H,24,26). The molecular weight excluding hydrogens is 386 g/mol.